The van der Waals surface area contributed by atoms with Gasteiger partial charge >= 0.3 is 0 Å². The zero-order valence-electron chi connectivity index (χ0n) is 23.1. The Bertz CT molecular complexity index is 1770. The maximum Gasteiger partial charge on any atom is 0.168 e. The van der Waals surface area contributed by atoms with Crippen molar-refractivity contribution in [2.45, 2.75) is 0 Å². The van der Waals surface area contributed by atoms with Gasteiger partial charge in [0.2, 0.25) is 0 Å². The molecule has 2 heterocycles. The molecule has 0 unspecified atom stereocenters. The van der Waals surface area contributed by atoms with Gasteiger partial charge in [0.1, 0.15) is 24.2 Å². The van der Waals surface area contributed by atoms with Crippen molar-refractivity contribution < 1.29 is 18.9 Å². The molecule has 0 amide bonds. The summed E-state index contributed by atoms with van der Waals surface area (Å²) in [6.45, 7) is 4.70. The lowest BCUT2D eigenvalue weighted by Crippen LogP contribution is -2.38. The number of aromatic nitrogens is 1. The number of hydrogen-bond acceptors (Lipinski definition) is 8. The molecule has 0 saturated carbocycles. The number of nitriles is 1. The fourth-order valence-corrected chi connectivity index (χ4v) is 5.32. The third kappa shape index (κ3) is 5.76. The van der Waals surface area contributed by atoms with Crippen molar-refractivity contribution in [2.75, 3.05) is 51.9 Å². The number of nitrogens with zero attached hydrogens (tertiary/aromatic N) is 3. The van der Waals surface area contributed by atoms with E-state index >= 15 is 0 Å². The standard InChI is InChI=1S/C33H29ClN4O4/c1-39-33-26-8-9-27-31(37-23-7-11-29(28(34)19-23)42-24-5-3-2-4-6-24)22(20-35)21-36-32(27)25(26)10-12-30(33)41-18-15-38-13-16-40-17-14-38/h2-12,19,21H,13-18H2,1H3,(H,36,37). The Morgan fingerprint density at radius 3 is 2.50 bits per heavy atom. The molecule has 42 heavy (non-hydrogen) atoms. The lowest BCUT2D eigenvalue weighted by atomic mass is 10.0. The van der Waals surface area contributed by atoms with Gasteiger partial charge in [0, 0.05) is 47.7 Å². The Balaban J connectivity index is 1.30. The van der Waals surface area contributed by atoms with Crippen LogP contribution < -0.4 is 19.5 Å². The monoisotopic (exact) mass is 580 g/mol. The summed E-state index contributed by atoms with van der Waals surface area (Å²) in [7, 11) is 1.64. The number of ether oxygens (including phenoxy) is 4. The van der Waals surface area contributed by atoms with E-state index in [4.69, 9.17) is 30.5 Å². The summed E-state index contributed by atoms with van der Waals surface area (Å²) >= 11 is 6.57. The maximum absolute atomic E-state index is 9.90. The van der Waals surface area contributed by atoms with Crippen molar-refractivity contribution >= 4 is 44.7 Å². The van der Waals surface area contributed by atoms with Gasteiger partial charge in [0.15, 0.2) is 11.5 Å². The van der Waals surface area contributed by atoms with Crippen molar-refractivity contribution in [3.05, 3.63) is 89.6 Å². The predicted molar refractivity (Wildman–Crippen MR) is 165 cm³/mol. The number of methoxy groups -OCH3 is 1. The third-order valence-corrected chi connectivity index (χ3v) is 7.51. The van der Waals surface area contributed by atoms with Crippen molar-refractivity contribution in [3.63, 3.8) is 0 Å². The van der Waals surface area contributed by atoms with E-state index in [-0.39, 0.29) is 0 Å². The minimum Gasteiger partial charge on any atom is -0.492 e. The molecule has 5 aromatic rings. The summed E-state index contributed by atoms with van der Waals surface area (Å²) in [5.41, 5.74) is 2.51. The Hall–Kier alpha value is -4.55. The summed E-state index contributed by atoms with van der Waals surface area (Å²) in [6, 6.07) is 25.0. The first kappa shape index (κ1) is 27.6. The van der Waals surface area contributed by atoms with Gasteiger partial charge in [-0.3, -0.25) is 9.88 Å². The fourth-order valence-electron chi connectivity index (χ4n) is 5.10. The molecule has 1 aliphatic rings. The predicted octanol–water partition coefficient (Wildman–Crippen LogP) is 7.17. The highest BCUT2D eigenvalue weighted by atomic mass is 35.5. The molecular weight excluding hydrogens is 552 g/mol. The van der Waals surface area contributed by atoms with Gasteiger partial charge in [0.05, 0.1) is 42.1 Å². The molecule has 9 heteroatoms. The Morgan fingerprint density at radius 2 is 1.74 bits per heavy atom. The van der Waals surface area contributed by atoms with Crippen LogP contribution in [0.1, 0.15) is 5.56 Å². The SMILES string of the molecule is COc1c(OCCN2CCOCC2)ccc2c1ccc1c(Nc3ccc(Oc4ccccc4)c(Cl)c3)c(C#N)cnc12. The van der Waals surface area contributed by atoms with Gasteiger partial charge in [-0.25, -0.2) is 0 Å². The summed E-state index contributed by atoms with van der Waals surface area (Å²) in [6.07, 6.45) is 1.58. The fraction of sp³-hybridized carbons (Fsp3) is 0.212. The largest absolute Gasteiger partial charge is 0.492 e. The zero-order chi connectivity index (χ0) is 28.9. The van der Waals surface area contributed by atoms with E-state index in [1.807, 2.05) is 60.7 Å². The average molecular weight is 581 g/mol. The first-order valence-corrected chi connectivity index (χ1v) is 14.1. The molecule has 1 saturated heterocycles. The second kappa shape index (κ2) is 12.5. The smallest absolute Gasteiger partial charge is 0.168 e. The molecular formula is C33H29ClN4O4. The second-order valence-corrected chi connectivity index (χ2v) is 10.2. The number of para-hydroxylation sites is 1. The molecule has 8 nitrogen and oxygen atoms in total. The highest BCUT2D eigenvalue weighted by Gasteiger charge is 2.17. The Morgan fingerprint density at radius 1 is 0.976 bits per heavy atom. The number of anilines is 2. The Labute approximate surface area is 249 Å². The number of hydrogen-bond donors (Lipinski definition) is 1. The Kier molecular flexibility index (Phi) is 8.24. The first-order valence-electron chi connectivity index (χ1n) is 13.7. The molecule has 0 spiro atoms. The molecule has 0 bridgehead atoms. The van der Waals surface area contributed by atoms with E-state index in [2.05, 4.69) is 21.3 Å². The molecule has 6 rings (SSSR count). The van der Waals surface area contributed by atoms with E-state index in [9.17, 15) is 5.26 Å². The van der Waals surface area contributed by atoms with Gasteiger partial charge in [0.25, 0.3) is 0 Å². The highest BCUT2D eigenvalue weighted by molar-refractivity contribution is 6.32. The van der Waals surface area contributed by atoms with Crippen LogP contribution in [-0.2, 0) is 4.74 Å². The van der Waals surface area contributed by atoms with Gasteiger partial charge in [-0.1, -0.05) is 29.8 Å². The third-order valence-electron chi connectivity index (χ3n) is 7.21. The van der Waals surface area contributed by atoms with Gasteiger partial charge in [-0.2, -0.15) is 5.26 Å². The minimum atomic E-state index is 0.414. The van der Waals surface area contributed by atoms with E-state index in [0.29, 0.717) is 51.6 Å². The zero-order valence-corrected chi connectivity index (χ0v) is 23.9. The van der Waals surface area contributed by atoms with Crippen LogP contribution >= 0.6 is 11.6 Å². The molecule has 0 atom stereocenters. The number of morpholine rings is 1. The van der Waals surface area contributed by atoms with Crippen molar-refractivity contribution in [1.29, 1.82) is 5.26 Å². The number of rotatable bonds is 9. The number of halogens is 1. The van der Waals surface area contributed by atoms with Gasteiger partial charge < -0.3 is 24.3 Å². The van der Waals surface area contributed by atoms with Crippen LogP contribution in [0.2, 0.25) is 5.02 Å². The molecule has 1 N–H and O–H groups in total. The van der Waals surface area contributed by atoms with E-state index < -0.39 is 0 Å². The molecule has 4 aromatic carbocycles. The van der Waals surface area contributed by atoms with Gasteiger partial charge in [-0.15, -0.1) is 0 Å². The number of nitrogens with one attached hydrogen (secondary N) is 1. The number of pyridine rings is 1. The summed E-state index contributed by atoms with van der Waals surface area (Å²) < 4.78 is 23.3. The van der Waals surface area contributed by atoms with Crippen LogP contribution in [0.3, 0.4) is 0 Å². The average Bonchev–Trinajstić information content (AvgIpc) is 3.03. The number of benzene rings is 4. The quantitative estimate of drug-likeness (QED) is 0.184. The second-order valence-electron chi connectivity index (χ2n) is 9.80. The van der Waals surface area contributed by atoms with Crippen LogP contribution in [0, 0.1) is 11.3 Å². The van der Waals surface area contributed by atoms with E-state index in [0.717, 1.165) is 54.5 Å². The molecule has 1 aromatic heterocycles. The summed E-state index contributed by atoms with van der Waals surface area (Å²) in [5, 5.41) is 16.3. The number of fused-ring (bicyclic) bond motifs is 3. The van der Waals surface area contributed by atoms with Crippen LogP contribution in [0.15, 0.2) is 79.0 Å². The molecule has 1 aliphatic heterocycles. The highest BCUT2D eigenvalue weighted by Crippen LogP contribution is 2.41. The maximum atomic E-state index is 9.90. The lowest BCUT2D eigenvalue weighted by Gasteiger charge is -2.26. The van der Waals surface area contributed by atoms with Gasteiger partial charge in [-0.05, 0) is 54.6 Å². The van der Waals surface area contributed by atoms with E-state index in [1.54, 1.807) is 25.4 Å². The normalized spacial score (nSPS) is 13.5. The summed E-state index contributed by atoms with van der Waals surface area (Å²) in [5.74, 6) is 2.56. The van der Waals surface area contributed by atoms with Crippen molar-refractivity contribution in [1.82, 2.24) is 9.88 Å². The molecule has 0 radical (unpaired) electrons. The summed E-state index contributed by atoms with van der Waals surface area (Å²) in [4.78, 5) is 6.99. The van der Waals surface area contributed by atoms with Crippen LogP contribution in [0.4, 0.5) is 11.4 Å². The van der Waals surface area contributed by atoms with Crippen LogP contribution in [-0.4, -0.2) is 56.4 Å². The molecule has 212 valence electrons. The molecule has 0 aliphatic carbocycles. The first-order chi connectivity index (χ1) is 20.6. The van der Waals surface area contributed by atoms with Crippen LogP contribution in [0.5, 0.6) is 23.0 Å². The lowest BCUT2D eigenvalue weighted by molar-refractivity contribution is 0.0321. The molecule has 1 fully saturated rings. The van der Waals surface area contributed by atoms with Crippen molar-refractivity contribution in [2.24, 2.45) is 0 Å². The van der Waals surface area contributed by atoms with E-state index in [1.165, 1.54) is 0 Å². The van der Waals surface area contributed by atoms with Crippen molar-refractivity contribution in [3.8, 4) is 29.1 Å². The topological polar surface area (TPSA) is 88.9 Å². The minimum absolute atomic E-state index is 0.414. The van der Waals surface area contributed by atoms with Crippen LogP contribution in [0.25, 0.3) is 21.7 Å².